The van der Waals surface area contributed by atoms with Crippen molar-refractivity contribution in [3.8, 4) is 0 Å². The molecule has 1 heterocycles. The summed E-state index contributed by atoms with van der Waals surface area (Å²) in [6.45, 7) is 0. The van der Waals surface area contributed by atoms with Gasteiger partial charge in [-0.15, -0.1) is 0 Å². The molecule has 7 nitrogen and oxygen atoms in total. The molecule has 0 spiro atoms. The Labute approximate surface area is 216 Å². The lowest BCUT2D eigenvalue weighted by molar-refractivity contribution is -0.137. The molecule has 1 saturated carbocycles. The Hall–Kier alpha value is -2.96. The van der Waals surface area contributed by atoms with E-state index in [9.17, 15) is 26.0 Å². The Morgan fingerprint density at radius 1 is 1.08 bits per heavy atom. The monoisotopic (exact) mass is 557 g/mol. The average Bonchev–Trinajstić information content (AvgIpc) is 2.86. The number of alkyl halides is 3. The fraction of sp³-hybridized carbons (Fsp3) is 0.333. The molecule has 0 aliphatic heterocycles. The quantitative estimate of drug-likeness (QED) is 0.336. The van der Waals surface area contributed by atoms with Crippen molar-refractivity contribution in [3.63, 3.8) is 0 Å². The van der Waals surface area contributed by atoms with E-state index in [-0.39, 0.29) is 34.5 Å². The number of aromatic nitrogens is 2. The highest BCUT2D eigenvalue weighted by Gasteiger charge is 2.34. The molecule has 0 bridgehead atoms. The van der Waals surface area contributed by atoms with Gasteiger partial charge < -0.3 is 10.6 Å². The van der Waals surface area contributed by atoms with E-state index in [4.69, 9.17) is 11.6 Å². The maximum absolute atomic E-state index is 14.9. The Balaban J connectivity index is 1.49. The van der Waals surface area contributed by atoms with Gasteiger partial charge in [-0.3, -0.25) is 4.72 Å². The highest BCUT2D eigenvalue weighted by atomic mass is 35.5. The molecule has 2 aromatic carbocycles. The molecule has 1 unspecified atom stereocenters. The van der Waals surface area contributed by atoms with E-state index in [0.29, 0.717) is 24.8 Å². The molecule has 4 rings (SSSR count). The summed E-state index contributed by atoms with van der Waals surface area (Å²) in [5.74, 6) is -1.13. The summed E-state index contributed by atoms with van der Waals surface area (Å²) in [5.41, 5.74) is 0.143. The molecule has 1 aliphatic rings. The number of anilines is 2. The highest BCUT2D eigenvalue weighted by Crippen LogP contribution is 2.38. The third-order valence-electron chi connectivity index (χ3n) is 6.38. The largest absolute Gasteiger partial charge is 0.416 e. The Kier molecular flexibility index (Phi) is 7.91. The van der Waals surface area contributed by atoms with Gasteiger partial charge in [-0.2, -0.15) is 13.2 Å². The number of halogens is 5. The molecule has 1 fully saturated rings. The third-order valence-corrected chi connectivity index (χ3v) is 8.06. The molecule has 0 radical (unpaired) electrons. The minimum atomic E-state index is -4.41. The molecular formula is C24H24ClF4N5O2S. The molecule has 0 amide bonds. The van der Waals surface area contributed by atoms with E-state index < -0.39 is 32.5 Å². The van der Waals surface area contributed by atoms with Gasteiger partial charge in [0.15, 0.2) is 0 Å². The van der Waals surface area contributed by atoms with Crippen molar-refractivity contribution in [1.82, 2.24) is 15.3 Å². The van der Waals surface area contributed by atoms with Gasteiger partial charge in [0.2, 0.25) is 0 Å². The van der Waals surface area contributed by atoms with Crippen LogP contribution in [0.2, 0.25) is 5.02 Å². The Bertz CT molecular complexity index is 1360. The van der Waals surface area contributed by atoms with Crippen LogP contribution in [0.3, 0.4) is 0 Å². The van der Waals surface area contributed by atoms with Crippen molar-refractivity contribution >= 4 is 33.1 Å². The van der Waals surface area contributed by atoms with Crippen molar-refractivity contribution < 1.29 is 26.0 Å². The Morgan fingerprint density at radius 2 is 1.86 bits per heavy atom. The molecular weight excluding hydrogens is 534 g/mol. The molecule has 3 aromatic rings. The summed E-state index contributed by atoms with van der Waals surface area (Å²) < 4.78 is 81.9. The second kappa shape index (κ2) is 10.8. The predicted octanol–water partition coefficient (Wildman–Crippen LogP) is 5.42. The third kappa shape index (κ3) is 6.31. The fourth-order valence-corrected chi connectivity index (χ4v) is 5.90. The van der Waals surface area contributed by atoms with Crippen LogP contribution in [-0.2, 0) is 16.2 Å². The standard InChI is InChI=1S/C24H24ClF4N5O2S/c1-30-21-10-15(14-3-2-4-16(9-14)24(27,28)29)5-6-19(21)33-20-12-18(26)22(11-17(20)25)37(35,36)34-23-7-8-31-13-32-23/h2-4,7-9,11-13,15,19,21,30,33H,5-6,10H2,1H3,(H,31,32,34)/t15-,19?,21-/m0/s1. The average molecular weight is 558 g/mol. The number of hydrogen-bond donors (Lipinski definition) is 3. The molecule has 3 N–H and O–H groups in total. The summed E-state index contributed by atoms with van der Waals surface area (Å²) in [5, 5.41) is 6.35. The van der Waals surface area contributed by atoms with Gasteiger partial charge in [0.25, 0.3) is 10.0 Å². The van der Waals surface area contributed by atoms with Crippen molar-refractivity contribution in [1.29, 1.82) is 0 Å². The Morgan fingerprint density at radius 3 is 2.54 bits per heavy atom. The number of benzene rings is 2. The second-order valence-corrected chi connectivity index (χ2v) is 10.8. The molecule has 1 aliphatic carbocycles. The number of nitrogens with one attached hydrogen (secondary N) is 3. The smallest absolute Gasteiger partial charge is 0.379 e. The number of sulfonamides is 1. The van der Waals surface area contributed by atoms with Gasteiger partial charge in [0.1, 0.15) is 22.9 Å². The maximum atomic E-state index is 14.9. The SMILES string of the molecule is CN[C@H]1C[C@@H](c2cccc(C(F)(F)F)c2)CCC1Nc1cc(F)c(S(=O)(=O)Nc2ccncn2)cc1Cl. The molecule has 3 atom stereocenters. The zero-order chi connectivity index (χ0) is 26.8. The summed E-state index contributed by atoms with van der Waals surface area (Å²) in [6.07, 6.45) is -0.214. The van der Waals surface area contributed by atoms with Crippen LogP contribution >= 0.6 is 11.6 Å². The van der Waals surface area contributed by atoms with Crippen LogP contribution < -0.4 is 15.4 Å². The van der Waals surface area contributed by atoms with Gasteiger partial charge in [0, 0.05) is 18.3 Å². The van der Waals surface area contributed by atoms with Crippen molar-refractivity contribution in [3.05, 3.63) is 77.0 Å². The molecule has 37 heavy (non-hydrogen) atoms. The second-order valence-electron chi connectivity index (χ2n) is 8.74. The van der Waals surface area contributed by atoms with E-state index in [2.05, 4.69) is 25.3 Å². The zero-order valence-corrected chi connectivity index (χ0v) is 21.1. The first-order chi connectivity index (χ1) is 17.5. The fourth-order valence-electron chi connectivity index (χ4n) is 4.52. The van der Waals surface area contributed by atoms with E-state index >= 15 is 0 Å². The highest BCUT2D eigenvalue weighted by molar-refractivity contribution is 7.92. The normalized spacial score (nSPS) is 20.4. The minimum Gasteiger partial charge on any atom is -0.379 e. The van der Waals surface area contributed by atoms with Crippen LogP contribution in [0, 0.1) is 5.82 Å². The van der Waals surface area contributed by atoms with Gasteiger partial charge >= 0.3 is 6.18 Å². The van der Waals surface area contributed by atoms with Crippen molar-refractivity contribution in [2.75, 3.05) is 17.1 Å². The van der Waals surface area contributed by atoms with Crippen LogP contribution in [0.15, 0.2) is 59.9 Å². The van der Waals surface area contributed by atoms with E-state index in [1.807, 2.05) is 0 Å². The van der Waals surface area contributed by atoms with E-state index in [1.54, 1.807) is 13.1 Å². The minimum absolute atomic E-state index is 0.000632. The zero-order valence-electron chi connectivity index (χ0n) is 19.6. The lowest BCUT2D eigenvalue weighted by Gasteiger charge is -2.37. The van der Waals surface area contributed by atoms with Crippen LogP contribution in [-0.4, -0.2) is 37.5 Å². The van der Waals surface area contributed by atoms with Crippen LogP contribution in [0.1, 0.15) is 36.3 Å². The summed E-state index contributed by atoms with van der Waals surface area (Å²) in [4.78, 5) is 6.82. The summed E-state index contributed by atoms with van der Waals surface area (Å²) in [7, 11) is -2.56. The van der Waals surface area contributed by atoms with Crippen LogP contribution in [0.25, 0.3) is 0 Å². The number of likely N-dealkylation sites (N-methyl/N-ethyl adjacent to an activating group) is 1. The molecule has 1 aromatic heterocycles. The topological polar surface area (TPSA) is 96.0 Å². The van der Waals surface area contributed by atoms with E-state index in [1.165, 1.54) is 24.4 Å². The summed E-state index contributed by atoms with van der Waals surface area (Å²) >= 11 is 6.33. The molecule has 13 heteroatoms. The van der Waals surface area contributed by atoms with Crippen molar-refractivity contribution in [2.24, 2.45) is 0 Å². The van der Waals surface area contributed by atoms with Gasteiger partial charge in [-0.05, 0) is 62.1 Å². The lowest BCUT2D eigenvalue weighted by atomic mass is 9.78. The summed E-state index contributed by atoms with van der Waals surface area (Å²) in [6, 6.07) is 8.33. The number of hydrogen-bond acceptors (Lipinski definition) is 6. The van der Waals surface area contributed by atoms with Crippen LogP contribution in [0.4, 0.5) is 29.1 Å². The van der Waals surface area contributed by atoms with Gasteiger partial charge in [0.05, 0.1) is 16.3 Å². The first-order valence-corrected chi connectivity index (χ1v) is 13.2. The van der Waals surface area contributed by atoms with Crippen molar-refractivity contribution in [2.45, 2.75) is 48.3 Å². The maximum Gasteiger partial charge on any atom is 0.416 e. The predicted molar refractivity (Wildman–Crippen MR) is 133 cm³/mol. The van der Waals surface area contributed by atoms with Crippen LogP contribution in [0.5, 0.6) is 0 Å². The number of rotatable bonds is 7. The van der Waals surface area contributed by atoms with Gasteiger partial charge in [-0.1, -0.05) is 29.8 Å². The van der Waals surface area contributed by atoms with E-state index in [0.717, 1.165) is 24.5 Å². The lowest BCUT2D eigenvalue weighted by Crippen LogP contribution is -2.46. The molecule has 0 saturated heterocycles. The molecule has 198 valence electrons. The first kappa shape index (κ1) is 27.1. The van der Waals surface area contributed by atoms with Gasteiger partial charge in [-0.25, -0.2) is 22.8 Å². The first-order valence-electron chi connectivity index (χ1n) is 11.4. The number of nitrogens with zero attached hydrogens (tertiary/aromatic N) is 2.